The number of anilines is 1. The third-order valence-corrected chi connectivity index (χ3v) is 5.50. The molecular weight excluding hydrogens is 344 g/mol. The number of pyridine rings is 1. The van der Waals surface area contributed by atoms with Gasteiger partial charge in [0.05, 0.1) is 11.9 Å². The first-order valence-electron chi connectivity index (χ1n) is 5.15. The molecule has 18 heavy (non-hydrogen) atoms. The topological polar surface area (TPSA) is 67.3 Å². The fourth-order valence-electron chi connectivity index (χ4n) is 1.80. The van der Waals surface area contributed by atoms with Crippen molar-refractivity contribution in [2.75, 3.05) is 11.4 Å². The molecule has 1 unspecified atom stereocenters. The van der Waals surface area contributed by atoms with Gasteiger partial charge in [-0.2, -0.15) is 0 Å². The summed E-state index contributed by atoms with van der Waals surface area (Å²) in [4.78, 5) is 17.3. The van der Waals surface area contributed by atoms with Crippen molar-refractivity contribution in [3.8, 4) is 0 Å². The maximum atomic E-state index is 11.8. The molecule has 1 fully saturated rings. The smallest absolute Gasteiger partial charge is 0.237 e. The summed E-state index contributed by atoms with van der Waals surface area (Å²) in [6.45, 7) is 1.92. The molecule has 98 valence electrons. The molecule has 0 radical (unpaired) electrons. The molecule has 8 heteroatoms. The second-order valence-corrected chi connectivity index (χ2v) is 7.77. The average Bonchev–Trinajstić information content (AvgIpc) is 2.64. The van der Waals surface area contributed by atoms with Gasteiger partial charge in [0, 0.05) is 23.6 Å². The summed E-state index contributed by atoms with van der Waals surface area (Å²) in [6.07, 6.45) is 1.44. The van der Waals surface area contributed by atoms with Gasteiger partial charge in [0.1, 0.15) is 9.85 Å². The van der Waals surface area contributed by atoms with Gasteiger partial charge >= 0.3 is 0 Å². The van der Waals surface area contributed by atoms with Crippen molar-refractivity contribution in [1.29, 1.82) is 0 Å². The summed E-state index contributed by atoms with van der Waals surface area (Å²) in [6, 6.07) is 1.78. The summed E-state index contributed by atoms with van der Waals surface area (Å²) in [5, 5.41) is -0.851. The summed E-state index contributed by atoms with van der Waals surface area (Å²) in [5.74, 6) is -0.257. The fourth-order valence-corrected chi connectivity index (χ4v) is 3.05. The van der Waals surface area contributed by atoms with E-state index in [9.17, 15) is 13.2 Å². The van der Waals surface area contributed by atoms with Crippen molar-refractivity contribution in [3.05, 3.63) is 22.4 Å². The van der Waals surface area contributed by atoms with E-state index >= 15 is 0 Å². The van der Waals surface area contributed by atoms with Gasteiger partial charge in [-0.1, -0.05) is 0 Å². The zero-order valence-electron chi connectivity index (χ0n) is 9.43. The minimum atomic E-state index is -3.71. The summed E-state index contributed by atoms with van der Waals surface area (Å²) < 4.78 is 23.2. The molecular formula is C10H10BrClN2O3S. The Hall–Kier alpha value is -0.660. The van der Waals surface area contributed by atoms with E-state index in [0.717, 1.165) is 5.56 Å². The van der Waals surface area contributed by atoms with Crippen molar-refractivity contribution in [3.63, 3.8) is 0 Å². The van der Waals surface area contributed by atoms with Crippen LogP contribution in [0.15, 0.2) is 16.9 Å². The largest absolute Gasteiger partial charge is 0.309 e. The summed E-state index contributed by atoms with van der Waals surface area (Å²) >= 11 is 3.27. The maximum Gasteiger partial charge on any atom is 0.237 e. The third kappa shape index (κ3) is 2.67. The van der Waals surface area contributed by atoms with Crippen LogP contribution in [0, 0.1) is 6.92 Å². The van der Waals surface area contributed by atoms with E-state index in [2.05, 4.69) is 20.9 Å². The number of hydrogen-bond donors (Lipinski definition) is 0. The monoisotopic (exact) mass is 352 g/mol. The Balaban J connectivity index is 2.30. The van der Waals surface area contributed by atoms with E-state index in [4.69, 9.17) is 10.7 Å². The number of hydrogen-bond acceptors (Lipinski definition) is 4. The molecule has 0 spiro atoms. The van der Waals surface area contributed by atoms with Crippen LogP contribution < -0.4 is 4.90 Å². The Labute approximate surface area is 118 Å². The van der Waals surface area contributed by atoms with Gasteiger partial charge in [-0.15, -0.1) is 0 Å². The lowest BCUT2D eigenvalue weighted by Crippen LogP contribution is -2.26. The molecule has 2 heterocycles. The standard InChI is InChI=1S/C10H10BrClN2O3S/c1-6-2-7(4-13-10(6)11)14-5-8(3-9(14)15)18(12,16)17/h2,4,8H,3,5H2,1H3. The normalized spacial score (nSPS) is 20.5. The number of carbonyl (C=O) groups excluding carboxylic acids is 1. The third-order valence-electron chi connectivity index (χ3n) is 2.80. The molecule has 0 N–H and O–H groups in total. The van der Waals surface area contributed by atoms with Crippen LogP contribution >= 0.6 is 26.6 Å². The van der Waals surface area contributed by atoms with E-state index < -0.39 is 14.3 Å². The number of halogens is 2. The van der Waals surface area contributed by atoms with E-state index in [0.29, 0.717) is 10.3 Å². The molecule has 0 aromatic carbocycles. The Bertz CT molecular complexity index is 605. The first-order valence-corrected chi connectivity index (χ1v) is 8.31. The van der Waals surface area contributed by atoms with Crippen LogP contribution in [0.4, 0.5) is 5.69 Å². The van der Waals surface area contributed by atoms with Gasteiger partial charge in [-0.05, 0) is 34.5 Å². The zero-order chi connectivity index (χ0) is 13.5. The van der Waals surface area contributed by atoms with Gasteiger partial charge in [-0.25, -0.2) is 13.4 Å². The van der Waals surface area contributed by atoms with Crippen LogP contribution in [0.1, 0.15) is 12.0 Å². The van der Waals surface area contributed by atoms with E-state index in [-0.39, 0.29) is 18.9 Å². The fraction of sp³-hybridized carbons (Fsp3) is 0.400. The first-order chi connectivity index (χ1) is 8.29. The van der Waals surface area contributed by atoms with Crippen molar-refractivity contribution in [2.24, 2.45) is 0 Å². The van der Waals surface area contributed by atoms with Crippen LogP contribution in [0.25, 0.3) is 0 Å². The van der Waals surface area contributed by atoms with E-state index in [1.165, 1.54) is 11.1 Å². The van der Waals surface area contributed by atoms with Crippen LogP contribution in [-0.4, -0.2) is 31.1 Å². The number of aromatic nitrogens is 1. The minimum Gasteiger partial charge on any atom is -0.309 e. The molecule has 1 saturated heterocycles. The van der Waals surface area contributed by atoms with Crippen molar-refractivity contribution >= 4 is 47.3 Å². The Morgan fingerprint density at radius 1 is 1.56 bits per heavy atom. The molecule has 0 aliphatic carbocycles. The molecule has 0 saturated carbocycles. The highest BCUT2D eigenvalue weighted by Crippen LogP contribution is 2.28. The molecule has 0 bridgehead atoms. The van der Waals surface area contributed by atoms with Crippen molar-refractivity contribution in [2.45, 2.75) is 18.6 Å². The molecule has 1 amide bonds. The Kier molecular flexibility index (Phi) is 3.66. The van der Waals surface area contributed by atoms with Crippen LogP contribution in [0.3, 0.4) is 0 Å². The highest BCUT2D eigenvalue weighted by Gasteiger charge is 2.38. The zero-order valence-corrected chi connectivity index (χ0v) is 12.6. The number of carbonyl (C=O) groups is 1. The second kappa shape index (κ2) is 4.79. The maximum absolute atomic E-state index is 11.8. The molecule has 5 nitrogen and oxygen atoms in total. The second-order valence-electron chi connectivity index (χ2n) is 4.11. The van der Waals surface area contributed by atoms with Gasteiger partial charge in [-0.3, -0.25) is 4.79 Å². The Morgan fingerprint density at radius 2 is 2.22 bits per heavy atom. The number of aryl methyl sites for hydroxylation is 1. The van der Waals surface area contributed by atoms with Gasteiger partial charge in [0.25, 0.3) is 0 Å². The highest BCUT2D eigenvalue weighted by atomic mass is 79.9. The van der Waals surface area contributed by atoms with Crippen LogP contribution in [0.2, 0.25) is 0 Å². The lowest BCUT2D eigenvalue weighted by atomic mass is 10.3. The van der Waals surface area contributed by atoms with Crippen molar-refractivity contribution in [1.82, 2.24) is 4.98 Å². The predicted octanol–water partition coefficient (Wildman–Crippen LogP) is 1.83. The van der Waals surface area contributed by atoms with Crippen LogP contribution in [-0.2, 0) is 13.8 Å². The Morgan fingerprint density at radius 3 is 2.72 bits per heavy atom. The lowest BCUT2D eigenvalue weighted by molar-refractivity contribution is -0.117. The molecule has 2 rings (SSSR count). The number of nitrogens with zero attached hydrogens (tertiary/aromatic N) is 2. The van der Waals surface area contributed by atoms with Gasteiger partial charge in [0.2, 0.25) is 15.0 Å². The van der Waals surface area contributed by atoms with E-state index in [1.54, 1.807) is 6.07 Å². The molecule has 1 aliphatic heterocycles. The predicted molar refractivity (Wildman–Crippen MR) is 72.2 cm³/mol. The van der Waals surface area contributed by atoms with Gasteiger partial charge < -0.3 is 4.90 Å². The van der Waals surface area contributed by atoms with E-state index in [1.807, 2.05) is 6.92 Å². The van der Waals surface area contributed by atoms with Gasteiger partial charge in [0.15, 0.2) is 0 Å². The first kappa shape index (κ1) is 13.8. The van der Waals surface area contributed by atoms with Crippen LogP contribution in [0.5, 0.6) is 0 Å². The molecule has 1 aliphatic rings. The van der Waals surface area contributed by atoms with Crippen molar-refractivity contribution < 1.29 is 13.2 Å². The number of amides is 1. The lowest BCUT2D eigenvalue weighted by Gasteiger charge is -2.16. The molecule has 1 atom stereocenters. The average molecular weight is 354 g/mol. The summed E-state index contributed by atoms with van der Waals surface area (Å²) in [7, 11) is 1.57. The summed E-state index contributed by atoms with van der Waals surface area (Å²) in [5.41, 5.74) is 1.46. The molecule has 1 aromatic heterocycles. The quantitative estimate of drug-likeness (QED) is 0.601. The molecule has 1 aromatic rings. The minimum absolute atomic E-state index is 0.0768. The number of rotatable bonds is 2. The SMILES string of the molecule is Cc1cc(N2CC(S(=O)(=O)Cl)CC2=O)cnc1Br. The highest BCUT2D eigenvalue weighted by molar-refractivity contribution is 9.10.